The van der Waals surface area contributed by atoms with Crippen molar-refractivity contribution in [2.24, 2.45) is 16.3 Å². The highest BCUT2D eigenvalue weighted by molar-refractivity contribution is 6.39. The SMILES string of the molecule is CC(C)(C)C1=N[C@](c2ccc(F)cc2F)([C@H]2CC(=O)N(c3ccccc3)C2=O)OC1=O. The van der Waals surface area contributed by atoms with Gasteiger partial charge >= 0.3 is 5.97 Å². The Bertz CT molecular complexity index is 1120. The Morgan fingerprint density at radius 3 is 2.32 bits per heavy atom. The molecule has 0 unspecified atom stereocenters. The number of halogens is 2. The predicted molar refractivity (Wildman–Crippen MR) is 108 cm³/mol. The van der Waals surface area contributed by atoms with E-state index in [1.165, 1.54) is 0 Å². The zero-order chi connectivity index (χ0) is 22.6. The maximum absolute atomic E-state index is 14.9. The number of carbonyl (C=O) groups excluding carboxylic acids is 3. The molecule has 0 radical (unpaired) electrons. The summed E-state index contributed by atoms with van der Waals surface area (Å²) in [5, 5.41) is 0. The Morgan fingerprint density at radius 2 is 1.74 bits per heavy atom. The van der Waals surface area contributed by atoms with Gasteiger partial charge in [-0.3, -0.25) is 14.5 Å². The molecule has 0 saturated carbocycles. The standard InChI is InChI=1S/C23H20F2N2O4/c1-22(2,3)19-21(30)31-23(26-19,15-10-9-13(24)11-17(15)25)16-12-18(28)27(20(16)29)14-7-5-4-6-8-14/h4-11,16H,12H2,1-3H3/t16-,23-/m0/s1. The van der Waals surface area contributed by atoms with Crippen molar-refractivity contribution in [1.29, 1.82) is 0 Å². The molecule has 0 bridgehead atoms. The van der Waals surface area contributed by atoms with Crippen LogP contribution < -0.4 is 4.90 Å². The maximum atomic E-state index is 14.9. The van der Waals surface area contributed by atoms with E-state index < -0.39 is 46.5 Å². The summed E-state index contributed by atoms with van der Waals surface area (Å²) in [7, 11) is 0. The minimum absolute atomic E-state index is 0.00892. The van der Waals surface area contributed by atoms with Crippen molar-refractivity contribution in [1.82, 2.24) is 0 Å². The number of esters is 1. The van der Waals surface area contributed by atoms with Crippen LogP contribution in [0.25, 0.3) is 0 Å². The summed E-state index contributed by atoms with van der Waals surface area (Å²) in [6.07, 6.45) is -0.348. The lowest BCUT2D eigenvalue weighted by Crippen LogP contribution is -2.41. The topological polar surface area (TPSA) is 76.0 Å². The first-order chi connectivity index (χ1) is 14.5. The van der Waals surface area contributed by atoms with Crippen LogP contribution >= 0.6 is 0 Å². The Kier molecular flexibility index (Phi) is 4.76. The highest BCUT2D eigenvalue weighted by atomic mass is 19.1. The molecule has 2 aromatic rings. The van der Waals surface area contributed by atoms with E-state index >= 15 is 0 Å². The molecular weight excluding hydrogens is 406 g/mol. The van der Waals surface area contributed by atoms with Gasteiger partial charge in [0.2, 0.25) is 17.5 Å². The van der Waals surface area contributed by atoms with Gasteiger partial charge in [-0.1, -0.05) is 39.0 Å². The molecule has 6 nitrogen and oxygen atoms in total. The predicted octanol–water partition coefficient (Wildman–Crippen LogP) is 3.74. The van der Waals surface area contributed by atoms with Gasteiger partial charge in [0.1, 0.15) is 23.3 Å². The van der Waals surface area contributed by atoms with Gasteiger partial charge in [-0.15, -0.1) is 0 Å². The summed E-state index contributed by atoms with van der Waals surface area (Å²) in [5.41, 5.74) is -2.79. The third kappa shape index (κ3) is 3.32. The lowest BCUT2D eigenvalue weighted by molar-refractivity contribution is -0.156. The molecule has 2 atom stereocenters. The number of aliphatic imine (C=N–C) groups is 1. The summed E-state index contributed by atoms with van der Waals surface area (Å²) in [5.74, 6) is -5.17. The van der Waals surface area contributed by atoms with E-state index in [-0.39, 0.29) is 17.7 Å². The third-order valence-corrected chi connectivity index (χ3v) is 5.38. The fourth-order valence-corrected chi connectivity index (χ4v) is 3.92. The normalized spacial score (nSPS) is 23.9. The lowest BCUT2D eigenvalue weighted by Gasteiger charge is -2.30. The summed E-state index contributed by atoms with van der Waals surface area (Å²) < 4.78 is 34.1. The minimum Gasteiger partial charge on any atom is -0.427 e. The van der Waals surface area contributed by atoms with Crippen molar-refractivity contribution in [2.45, 2.75) is 32.9 Å². The Balaban J connectivity index is 1.89. The minimum atomic E-state index is -2.10. The van der Waals surface area contributed by atoms with Crippen LogP contribution in [0.5, 0.6) is 0 Å². The monoisotopic (exact) mass is 426 g/mol. The molecule has 4 rings (SSSR count). The fourth-order valence-electron chi connectivity index (χ4n) is 3.92. The van der Waals surface area contributed by atoms with Gasteiger partial charge in [-0.05, 0) is 24.3 Å². The van der Waals surface area contributed by atoms with Crippen LogP contribution in [0.1, 0.15) is 32.8 Å². The van der Waals surface area contributed by atoms with Crippen molar-refractivity contribution >= 4 is 29.2 Å². The molecule has 0 aromatic heterocycles. The Labute approximate surface area is 177 Å². The maximum Gasteiger partial charge on any atom is 0.355 e. The van der Waals surface area contributed by atoms with Gasteiger partial charge in [0.15, 0.2) is 0 Å². The van der Waals surface area contributed by atoms with E-state index in [0.717, 1.165) is 17.0 Å². The van der Waals surface area contributed by atoms with Crippen molar-refractivity contribution in [2.75, 3.05) is 4.90 Å². The van der Waals surface area contributed by atoms with Crippen LogP contribution in [0.2, 0.25) is 0 Å². The molecule has 2 amide bonds. The van der Waals surface area contributed by atoms with Crippen LogP contribution in [0.3, 0.4) is 0 Å². The summed E-state index contributed by atoms with van der Waals surface area (Å²) >= 11 is 0. The van der Waals surface area contributed by atoms with E-state index in [1.807, 2.05) is 0 Å². The van der Waals surface area contributed by atoms with E-state index in [2.05, 4.69) is 4.99 Å². The first-order valence-corrected chi connectivity index (χ1v) is 9.75. The summed E-state index contributed by atoms with van der Waals surface area (Å²) in [4.78, 5) is 44.3. The number of hydrogen-bond donors (Lipinski definition) is 0. The number of benzene rings is 2. The molecule has 0 spiro atoms. The lowest BCUT2D eigenvalue weighted by atomic mass is 9.86. The quantitative estimate of drug-likeness (QED) is 0.554. The van der Waals surface area contributed by atoms with E-state index in [9.17, 15) is 23.2 Å². The second-order valence-electron chi connectivity index (χ2n) is 8.58. The van der Waals surface area contributed by atoms with Gasteiger partial charge in [0.05, 0.1) is 11.3 Å². The highest BCUT2D eigenvalue weighted by Crippen LogP contribution is 2.47. The molecule has 2 aliphatic rings. The number of anilines is 1. The highest BCUT2D eigenvalue weighted by Gasteiger charge is 2.60. The van der Waals surface area contributed by atoms with Crippen molar-refractivity contribution in [3.05, 3.63) is 65.7 Å². The third-order valence-electron chi connectivity index (χ3n) is 5.38. The van der Waals surface area contributed by atoms with E-state index in [0.29, 0.717) is 11.8 Å². The number of hydrogen-bond acceptors (Lipinski definition) is 5. The van der Waals surface area contributed by atoms with Gasteiger partial charge in [0.25, 0.3) is 0 Å². The van der Waals surface area contributed by atoms with Crippen LogP contribution in [-0.4, -0.2) is 23.5 Å². The molecule has 2 heterocycles. The molecule has 31 heavy (non-hydrogen) atoms. The largest absolute Gasteiger partial charge is 0.427 e. The van der Waals surface area contributed by atoms with Crippen LogP contribution in [0, 0.1) is 23.0 Å². The molecule has 0 aliphatic carbocycles. The number of imide groups is 1. The van der Waals surface area contributed by atoms with Gasteiger partial charge in [0, 0.05) is 17.9 Å². The average Bonchev–Trinajstić information content (AvgIpc) is 3.19. The molecule has 2 aromatic carbocycles. The number of carbonyl (C=O) groups is 3. The number of ether oxygens (including phenoxy) is 1. The number of rotatable bonds is 3. The average molecular weight is 426 g/mol. The van der Waals surface area contributed by atoms with Crippen LogP contribution in [0.15, 0.2) is 53.5 Å². The summed E-state index contributed by atoms with van der Waals surface area (Å²) in [6.45, 7) is 5.17. The van der Waals surface area contributed by atoms with Crippen molar-refractivity contribution in [3.63, 3.8) is 0 Å². The first-order valence-electron chi connectivity index (χ1n) is 9.75. The number of nitrogens with zero attached hydrogens (tertiary/aromatic N) is 2. The van der Waals surface area contributed by atoms with Gasteiger partial charge < -0.3 is 4.74 Å². The molecule has 160 valence electrons. The smallest absolute Gasteiger partial charge is 0.355 e. The Morgan fingerprint density at radius 1 is 1.06 bits per heavy atom. The summed E-state index contributed by atoms with van der Waals surface area (Å²) in [6, 6.07) is 11.0. The van der Waals surface area contributed by atoms with Gasteiger partial charge in [-0.2, -0.15) is 0 Å². The zero-order valence-electron chi connectivity index (χ0n) is 17.2. The van der Waals surface area contributed by atoms with E-state index in [1.54, 1.807) is 51.1 Å². The van der Waals surface area contributed by atoms with Crippen LogP contribution in [0.4, 0.5) is 14.5 Å². The zero-order valence-corrected chi connectivity index (χ0v) is 17.2. The molecule has 8 heteroatoms. The molecular formula is C23H20F2N2O4. The number of cyclic esters (lactones) is 1. The van der Waals surface area contributed by atoms with Crippen LogP contribution in [-0.2, 0) is 24.8 Å². The number of para-hydroxylation sites is 1. The fraction of sp³-hybridized carbons (Fsp3) is 0.304. The molecule has 0 N–H and O–H groups in total. The second-order valence-corrected chi connectivity index (χ2v) is 8.58. The van der Waals surface area contributed by atoms with Gasteiger partial charge in [-0.25, -0.2) is 18.6 Å². The Hall–Kier alpha value is -3.42. The van der Waals surface area contributed by atoms with E-state index in [4.69, 9.17) is 4.74 Å². The molecule has 2 aliphatic heterocycles. The second kappa shape index (κ2) is 7.08. The van der Waals surface area contributed by atoms with Crippen molar-refractivity contribution in [3.8, 4) is 0 Å². The van der Waals surface area contributed by atoms with Crippen molar-refractivity contribution < 1.29 is 27.9 Å². The first kappa shape index (κ1) is 20.8. The molecule has 1 fully saturated rings. The number of amides is 2. The molecule has 1 saturated heterocycles.